The molecule has 0 aliphatic heterocycles. The second-order valence-corrected chi connectivity index (χ2v) is 23.5. The van der Waals surface area contributed by atoms with Crippen molar-refractivity contribution in [1.29, 1.82) is 0 Å². The summed E-state index contributed by atoms with van der Waals surface area (Å²) >= 11 is 5.31. The normalized spacial score (nSPS) is 9.53. The molecular formula is C37H50Br2Cl4N2Si2Zr2. The minimum atomic E-state index is -0.826. The maximum absolute atomic E-state index is 6.94. The Balaban J connectivity index is -0.000000560. The topological polar surface area (TPSA) is 47.6 Å². The van der Waals surface area contributed by atoms with Crippen LogP contribution in [-0.4, -0.2) is 30.1 Å². The second-order valence-electron chi connectivity index (χ2n) is 12.3. The molecule has 5 aromatic carbocycles. The van der Waals surface area contributed by atoms with Crippen LogP contribution in [0.15, 0.2) is 99.9 Å². The van der Waals surface area contributed by atoms with Crippen LogP contribution in [-0.2, 0) is 41.7 Å². The number of hydrogen-bond acceptors (Lipinski definition) is 0. The van der Waals surface area contributed by atoms with E-state index < -0.39 is 41.7 Å². The summed E-state index contributed by atoms with van der Waals surface area (Å²) in [6.45, 7) is 21.9. The number of hydrogen-bond donors (Lipinski definition) is 0. The van der Waals surface area contributed by atoms with Crippen LogP contribution in [0.3, 0.4) is 0 Å². The number of fused-ring (bicyclic) bond motifs is 2. The van der Waals surface area contributed by atoms with Crippen LogP contribution in [0.25, 0.3) is 44.1 Å². The predicted molar refractivity (Wildman–Crippen MR) is 231 cm³/mol. The first-order chi connectivity index (χ1) is 22.8. The Morgan fingerprint density at radius 3 is 1.45 bits per heavy atom. The molecule has 2 N–H and O–H groups in total. The van der Waals surface area contributed by atoms with E-state index in [0.717, 1.165) is 23.5 Å². The molecule has 2 nitrogen and oxygen atoms in total. The van der Waals surface area contributed by atoms with Gasteiger partial charge in [-0.2, -0.15) is 6.07 Å². The monoisotopic (exact) mass is 1060 g/mol. The second kappa shape index (κ2) is 32.5. The van der Waals surface area contributed by atoms with E-state index in [1.807, 2.05) is 41.5 Å². The van der Waals surface area contributed by atoms with E-state index in [1.54, 1.807) is 0 Å². The van der Waals surface area contributed by atoms with Crippen molar-refractivity contribution in [3.8, 4) is 11.1 Å². The molecule has 0 aliphatic rings. The van der Waals surface area contributed by atoms with Crippen molar-refractivity contribution in [3.05, 3.63) is 117 Å². The van der Waals surface area contributed by atoms with Gasteiger partial charge in [0.2, 0.25) is 0 Å². The van der Waals surface area contributed by atoms with E-state index in [9.17, 15) is 0 Å². The molecule has 0 saturated heterocycles. The summed E-state index contributed by atoms with van der Waals surface area (Å²) in [5, 5.41) is 5.24. The van der Waals surface area contributed by atoms with Crippen LogP contribution in [0.1, 0.15) is 47.1 Å². The van der Waals surface area contributed by atoms with Gasteiger partial charge in [0.25, 0.3) is 0 Å². The van der Waals surface area contributed by atoms with Crippen molar-refractivity contribution >= 4 is 106 Å². The van der Waals surface area contributed by atoms with E-state index in [2.05, 4.69) is 156 Å². The third-order valence-electron chi connectivity index (χ3n) is 4.64. The first-order valence-electron chi connectivity index (χ1n) is 15.1. The summed E-state index contributed by atoms with van der Waals surface area (Å²) < 4.78 is 2.30. The third-order valence-corrected chi connectivity index (χ3v) is 5.86. The van der Waals surface area contributed by atoms with E-state index in [1.165, 1.54) is 42.7 Å². The molecule has 5 rings (SSSR count). The van der Waals surface area contributed by atoms with Crippen molar-refractivity contribution in [2.45, 2.75) is 85.7 Å². The van der Waals surface area contributed by atoms with Crippen LogP contribution in [0.4, 0.5) is 0 Å². The summed E-state index contributed by atoms with van der Waals surface area (Å²) in [4.78, 5) is 0. The standard InChI is InChI=1S/C15H10Br.C10H8Br.2C4H10N.2C2H6Si.4ClH.2Zr/c16-15-7-5-11(6-8-15)14-9-12-3-1-2-4-13(12)10-14;1-7-5-8-3-2-4-10(11)9(8)6-7;2*1-4(2,3)5;2*1-3-2;;;;;;/h1-10H;2-6H,1H3;2*5H,1-3H3;2*1-2H3;4*1H;;/q4*-1;;;;;;;2*+4/p-4. The molecule has 0 heterocycles. The van der Waals surface area contributed by atoms with Gasteiger partial charge in [-0.25, -0.2) is 0 Å². The van der Waals surface area contributed by atoms with Gasteiger partial charge in [0, 0.05) is 23.5 Å². The van der Waals surface area contributed by atoms with Crippen LogP contribution >= 0.6 is 65.9 Å². The first kappa shape index (κ1) is 54.5. The van der Waals surface area contributed by atoms with Crippen molar-refractivity contribution in [2.24, 2.45) is 0 Å². The Morgan fingerprint density at radius 1 is 0.633 bits per heavy atom. The molecule has 0 fully saturated rings. The molecule has 0 amide bonds. The minimum absolute atomic E-state index is 0.250. The Bertz CT molecular complexity index is 1420. The maximum atomic E-state index is 6.94. The average molecular weight is 1060 g/mol. The quantitative estimate of drug-likeness (QED) is 0.119. The van der Waals surface area contributed by atoms with Crippen LogP contribution < -0.4 is 0 Å². The van der Waals surface area contributed by atoms with E-state index in [4.69, 9.17) is 45.5 Å². The van der Waals surface area contributed by atoms with Crippen LogP contribution in [0.2, 0.25) is 26.2 Å². The number of rotatable bonds is 1. The zero-order valence-corrected chi connectivity index (χ0v) is 43.5. The van der Waals surface area contributed by atoms with Crippen molar-refractivity contribution in [1.82, 2.24) is 0 Å². The molecule has 0 atom stereocenters. The molecule has 0 unspecified atom stereocenters. The van der Waals surface area contributed by atoms with Gasteiger partial charge in [-0.05, 0) is 0 Å². The molecule has 0 bridgehead atoms. The fourth-order valence-corrected chi connectivity index (χ4v) is 4.07. The summed E-state index contributed by atoms with van der Waals surface area (Å²) in [6, 6.07) is 32.0. The summed E-state index contributed by atoms with van der Waals surface area (Å²) in [7, 11) is 21.9. The van der Waals surface area contributed by atoms with Gasteiger partial charge in [-0.15, -0.1) is 90.0 Å². The van der Waals surface area contributed by atoms with Gasteiger partial charge >= 0.3 is 75.7 Å². The Labute approximate surface area is 357 Å². The molecule has 0 spiro atoms. The zero-order chi connectivity index (χ0) is 38.6. The number of benzene rings is 3. The van der Waals surface area contributed by atoms with E-state index >= 15 is 0 Å². The number of halogens is 6. The number of nitrogens with one attached hydrogen (secondary N) is 2. The first-order valence-corrected chi connectivity index (χ1v) is 33.3. The third kappa shape index (κ3) is 34.6. The van der Waals surface area contributed by atoms with E-state index in [-0.39, 0.29) is 11.1 Å². The van der Waals surface area contributed by atoms with Crippen molar-refractivity contribution in [2.75, 3.05) is 0 Å². The Kier molecular flexibility index (Phi) is 36.2. The van der Waals surface area contributed by atoms with Gasteiger partial charge in [0.05, 0.1) is 0 Å². The molecule has 0 aliphatic carbocycles. The summed E-state index contributed by atoms with van der Waals surface area (Å²) in [5.41, 5.74) is 17.2. The van der Waals surface area contributed by atoms with Crippen LogP contribution in [0.5, 0.6) is 0 Å². The molecule has 4 radical (unpaired) electrons. The zero-order valence-electron chi connectivity index (χ0n) is 30.4. The molecule has 12 heteroatoms. The molecule has 266 valence electrons. The van der Waals surface area contributed by atoms with Gasteiger partial charge in [-0.3, -0.25) is 0 Å². The Morgan fingerprint density at radius 2 is 1.04 bits per heavy atom. The van der Waals surface area contributed by atoms with Crippen molar-refractivity contribution < 1.29 is 41.7 Å². The van der Waals surface area contributed by atoms with Gasteiger partial charge < -0.3 is 11.5 Å². The summed E-state index contributed by atoms with van der Waals surface area (Å²) in [6.07, 6.45) is 0. The molecule has 5 aromatic rings. The van der Waals surface area contributed by atoms with Gasteiger partial charge in [-0.1, -0.05) is 155 Å². The SMILES string of the molecule is Brc1ccc(-c2cc3ccccc3[cH-]2)cc1.CC(C)(C)[NH-].CC(C)(C)[NH-].C[Si]C.C[Si]C.Cc1cc2cccc(Br)c2[cH-]1.[Cl][Zr+2][Cl].[Cl][Zr+2][Cl]. The summed E-state index contributed by atoms with van der Waals surface area (Å²) in [5.74, 6) is 0. The molecule has 0 aromatic heterocycles. The van der Waals surface area contributed by atoms with Crippen molar-refractivity contribution in [3.63, 3.8) is 0 Å². The van der Waals surface area contributed by atoms with Crippen LogP contribution in [0, 0.1) is 6.92 Å². The van der Waals surface area contributed by atoms with Gasteiger partial charge in [0.1, 0.15) is 0 Å². The predicted octanol–water partition coefficient (Wildman–Crippen LogP) is 16.6. The molecule has 0 saturated carbocycles. The fourth-order valence-electron chi connectivity index (χ4n) is 3.31. The Hall–Kier alpha value is 1.12. The van der Waals surface area contributed by atoms with E-state index in [0.29, 0.717) is 0 Å². The molecule has 49 heavy (non-hydrogen) atoms. The number of aryl methyl sites for hydroxylation is 1. The average Bonchev–Trinajstić information content (AvgIpc) is 3.58. The van der Waals surface area contributed by atoms with Gasteiger partial charge in [0.15, 0.2) is 0 Å². The fraction of sp³-hybridized carbons (Fsp3) is 0.351. The molecular weight excluding hydrogens is 1010 g/mol.